The van der Waals surface area contributed by atoms with Crippen molar-refractivity contribution >= 4 is 33.9 Å². The predicted molar refractivity (Wildman–Crippen MR) is 121 cm³/mol. The van der Waals surface area contributed by atoms with E-state index in [4.69, 9.17) is 15.5 Å². The van der Waals surface area contributed by atoms with Crippen molar-refractivity contribution in [1.29, 1.82) is 0 Å². The summed E-state index contributed by atoms with van der Waals surface area (Å²) in [5.41, 5.74) is 8.72. The van der Waals surface area contributed by atoms with E-state index in [0.29, 0.717) is 22.5 Å². The summed E-state index contributed by atoms with van der Waals surface area (Å²) in [6.45, 7) is 3.22. The van der Waals surface area contributed by atoms with Gasteiger partial charge in [-0.3, -0.25) is 4.79 Å². The summed E-state index contributed by atoms with van der Waals surface area (Å²) in [6.07, 6.45) is 4.85. The summed E-state index contributed by atoms with van der Waals surface area (Å²) in [5.74, 6) is 0.657. The molecule has 0 spiro atoms. The van der Waals surface area contributed by atoms with E-state index in [0.717, 1.165) is 43.1 Å². The third-order valence-electron chi connectivity index (χ3n) is 5.23. The van der Waals surface area contributed by atoms with Gasteiger partial charge in [-0.1, -0.05) is 0 Å². The Kier molecular flexibility index (Phi) is 4.93. The van der Waals surface area contributed by atoms with Crippen LogP contribution in [-0.2, 0) is 4.74 Å². The lowest BCUT2D eigenvalue weighted by Crippen LogP contribution is -2.36. The molecule has 0 radical (unpaired) electrons. The fraction of sp³-hybridized carbons (Fsp3) is 0.182. The number of fused-ring (bicyclic) bond motifs is 1. The summed E-state index contributed by atoms with van der Waals surface area (Å²) in [5, 5.41) is 4.55. The van der Waals surface area contributed by atoms with Gasteiger partial charge >= 0.3 is 0 Å². The van der Waals surface area contributed by atoms with Crippen molar-refractivity contribution in [3.63, 3.8) is 0 Å². The van der Waals surface area contributed by atoms with Crippen LogP contribution in [0.3, 0.4) is 0 Å². The first kappa shape index (κ1) is 19.0. The summed E-state index contributed by atoms with van der Waals surface area (Å²) in [6, 6.07) is 11.7. The number of H-pyrrole nitrogens is 1. The standard InChI is InChI=1S/C22H21N7O2/c23-22-25-12-15(13-26-22)18-11-14-5-6-24-21(30)19(14)20(28-18)27-16-1-3-17(4-2-16)29-7-9-31-10-8-29/h1-6,11-13H,7-10H2,(H,24,30)(H,27,28)(H2,23,25,26). The number of anilines is 4. The smallest absolute Gasteiger partial charge is 0.259 e. The van der Waals surface area contributed by atoms with Crippen LogP contribution < -0.4 is 21.5 Å². The Morgan fingerprint density at radius 2 is 1.81 bits per heavy atom. The maximum absolute atomic E-state index is 12.5. The number of aromatic nitrogens is 4. The number of nitrogens with zero attached hydrogens (tertiary/aromatic N) is 4. The van der Waals surface area contributed by atoms with Crippen molar-refractivity contribution in [2.75, 3.05) is 42.3 Å². The minimum atomic E-state index is -0.211. The lowest BCUT2D eigenvalue weighted by atomic mass is 10.1. The van der Waals surface area contributed by atoms with Gasteiger partial charge in [0, 0.05) is 48.6 Å². The number of ether oxygens (including phenoxy) is 1. The highest BCUT2D eigenvalue weighted by molar-refractivity contribution is 5.95. The molecule has 0 aliphatic carbocycles. The Morgan fingerprint density at radius 1 is 1.06 bits per heavy atom. The number of nitrogen functional groups attached to an aromatic ring is 1. The molecule has 156 valence electrons. The molecular weight excluding hydrogens is 394 g/mol. The average molecular weight is 415 g/mol. The molecule has 3 aromatic heterocycles. The zero-order chi connectivity index (χ0) is 21.2. The zero-order valence-electron chi connectivity index (χ0n) is 16.7. The Balaban J connectivity index is 1.52. The van der Waals surface area contributed by atoms with Gasteiger partial charge < -0.3 is 25.7 Å². The van der Waals surface area contributed by atoms with Crippen molar-refractivity contribution in [3.8, 4) is 11.3 Å². The van der Waals surface area contributed by atoms with Gasteiger partial charge in [0.05, 0.1) is 24.3 Å². The van der Waals surface area contributed by atoms with Crippen LogP contribution in [0.15, 0.2) is 59.8 Å². The summed E-state index contributed by atoms with van der Waals surface area (Å²) < 4.78 is 5.42. The second-order valence-corrected chi connectivity index (χ2v) is 7.23. The van der Waals surface area contributed by atoms with Gasteiger partial charge in [-0.25, -0.2) is 15.0 Å². The Labute approximate surface area is 177 Å². The van der Waals surface area contributed by atoms with Gasteiger partial charge in [-0.15, -0.1) is 0 Å². The molecule has 9 nitrogen and oxygen atoms in total. The molecular formula is C22H21N7O2. The lowest BCUT2D eigenvalue weighted by molar-refractivity contribution is 0.122. The maximum Gasteiger partial charge on any atom is 0.259 e. The van der Waals surface area contributed by atoms with Crippen molar-refractivity contribution in [1.82, 2.24) is 19.9 Å². The molecule has 1 fully saturated rings. The number of hydrogen-bond acceptors (Lipinski definition) is 8. The first-order valence-corrected chi connectivity index (χ1v) is 9.97. The largest absolute Gasteiger partial charge is 0.378 e. The summed E-state index contributed by atoms with van der Waals surface area (Å²) in [4.78, 5) is 30.3. The number of nitrogens with two attached hydrogens (primary N) is 1. The normalized spacial score (nSPS) is 14.0. The number of hydrogen-bond donors (Lipinski definition) is 3. The van der Waals surface area contributed by atoms with Crippen molar-refractivity contribution in [2.24, 2.45) is 0 Å². The van der Waals surface area contributed by atoms with Gasteiger partial charge in [-0.05, 0) is 41.8 Å². The summed E-state index contributed by atoms with van der Waals surface area (Å²) in [7, 11) is 0. The number of pyridine rings is 2. The van der Waals surface area contributed by atoms with Crippen LogP contribution in [0.25, 0.3) is 22.0 Å². The second kappa shape index (κ2) is 8.04. The second-order valence-electron chi connectivity index (χ2n) is 7.23. The highest BCUT2D eigenvalue weighted by Crippen LogP contribution is 2.28. The first-order chi connectivity index (χ1) is 15.2. The summed E-state index contributed by atoms with van der Waals surface area (Å²) >= 11 is 0. The topological polar surface area (TPSA) is 122 Å². The number of rotatable bonds is 4. The third kappa shape index (κ3) is 3.90. The van der Waals surface area contributed by atoms with Gasteiger partial charge in [-0.2, -0.15) is 0 Å². The molecule has 1 aromatic carbocycles. The predicted octanol–water partition coefficient (Wildman–Crippen LogP) is 2.54. The zero-order valence-corrected chi connectivity index (χ0v) is 16.7. The molecule has 0 atom stereocenters. The quantitative estimate of drug-likeness (QED) is 0.465. The maximum atomic E-state index is 12.5. The Morgan fingerprint density at radius 3 is 2.55 bits per heavy atom. The lowest BCUT2D eigenvalue weighted by Gasteiger charge is -2.28. The van der Waals surface area contributed by atoms with Crippen molar-refractivity contribution in [3.05, 3.63) is 65.3 Å². The Bertz CT molecular complexity index is 1260. The number of morpholine rings is 1. The average Bonchev–Trinajstić information content (AvgIpc) is 2.80. The Hall–Kier alpha value is -3.98. The van der Waals surface area contributed by atoms with Crippen LogP contribution in [0, 0.1) is 0 Å². The van der Waals surface area contributed by atoms with Crippen LogP contribution in [0.2, 0.25) is 0 Å². The van der Waals surface area contributed by atoms with Crippen LogP contribution in [0.5, 0.6) is 0 Å². The number of nitrogens with one attached hydrogen (secondary N) is 2. The minimum absolute atomic E-state index is 0.194. The molecule has 0 unspecified atom stereocenters. The van der Waals surface area contributed by atoms with Crippen LogP contribution in [-0.4, -0.2) is 46.2 Å². The minimum Gasteiger partial charge on any atom is -0.378 e. The van der Waals surface area contributed by atoms with Gasteiger partial charge in [0.15, 0.2) is 0 Å². The van der Waals surface area contributed by atoms with Crippen LogP contribution in [0.1, 0.15) is 0 Å². The molecule has 0 saturated carbocycles. The van der Waals surface area contributed by atoms with E-state index in [-0.39, 0.29) is 11.5 Å². The van der Waals surface area contributed by atoms with E-state index in [2.05, 4.69) is 37.3 Å². The van der Waals surface area contributed by atoms with Gasteiger partial charge in [0.25, 0.3) is 5.56 Å². The first-order valence-electron chi connectivity index (χ1n) is 9.97. The molecule has 1 aliphatic heterocycles. The van der Waals surface area contributed by atoms with Crippen LogP contribution in [0.4, 0.5) is 23.1 Å². The molecule has 4 heterocycles. The van der Waals surface area contributed by atoms with E-state index in [1.807, 2.05) is 24.3 Å². The van der Waals surface area contributed by atoms with E-state index < -0.39 is 0 Å². The van der Waals surface area contributed by atoms with Gasteiger partial charge in [0.2, 0.25) is 5.95 Å². The van der Waals surface area contributed by atoms with E-state index >= 15 is 0 Å². The van der Waals surface area contributed by atoms with E-state index in [1.54, 1.807) is 18.6 Å². The molecule has 9 heteroatoms. The molecule has 4 aromatic rings. The SMILES string of the molecule is Nc1ncc(-c2cc3cc[nH]c(=O)c3c(Nc3ccc(N4CCOCC4)cc3)n2)cn1. The highest BCUT2D eigenvalue weighted by Gasteiger charge is 2.13. The van der Waals surface area contributed by atoms with Crippen molar-refractivity contribution < 1.29 is 4.74 Å². The fourth-order valence-electron chi connectivity index (χ4n) is 3.64. The van der Waals surface area contributed by atoms with E-state index in [1.165, 1.54) is 0 Å². The van der Waals surface area contributed by atoms with Crippen LogP contribution >= 0.6 is 0 Å². The number of aromatic amines is 1. The molecule has 31 heavy (non-hydrogen) atoms. The monoisotopic (exact) mass is 415 g/mol. The van der Waals surface area contributed by atoms with Gasteiger partial charge in [0.1, 0.15) is 5.82 Å². The fourth-order valence-corrected chi connectivity index (χ4v) is 3.64. The molecule has 0 amide bonds. The molecule has 1 saturated heterocycles. The third-order valence-corrected chi connectivity index (χ3v) is 5.23. The molecule has 1 aliphatic rings. The van der Waals surface area contributed by atoms with E-state index in [9.17, 15) is 4.79 Å². The van der Waals surface area contributed by atoms with Crippen molar-refractivity contribution in [2.45, 2.75) is 0 Å². The highest BCUT2D eigenvalue weighted by atomic mass is 16.5. The number of benzene rings is 1. The molecule has 4 N–H and O–H groups in total. The molecule has 5 rings (SSSR count). The molecule has 0 bridgehead atoms.